The highest BCUT2D eigenvalue weighted by Gasteiger charge is 2.40. The van der Waals surface area contributed by atoms with Crippen molar-refractivity contribution in [1.82, 2.24) is 10.2 Å². The number of nitrogens with zero attached hydrogens (tertiary/aromatic N) is 1. The number of likely N-dealkylation sites (tertiary alicyclic amines) is 1. The van der Waals surface area contributed by atoms with E-state index in [1.165, 1.54) is 44.5 Å². The zero-order valence-corrected chi connectivity index (χ0v) is 16.7. The van der Waals surface area contributed by atoms with Crippen molar-refractivity contribution in [2.24, 2.45) is 16.7 Å². The normalized spacial score (nSPS) is 17.0. The second kappa shape index (κ2) is 9.60. The van der Waals surface area contributed by atoms with Crippen LogP contribution in [0.2, 0.25) is 0 Å². The fraction of sp³-hybridized carbons (Fsp3) is 0.900. The summed E-state index contributed by atoms with van der Waals surface area (Å²) in [6.45, 7) is 23.8. The summed E-state index contributed by atoms with van der Waals surface area (Å²) >= 11 is 0. The number of piperidine rings is 1. The zero-order chi connectivity index (χ0) is 17.4. The van der Waals surface area contributed by atoms with Crippen molar-refractivity contribution in [2.75, 3.05) is 26.7 Å². The van der Waals surface area contributed by atoms with Gasteiger partial charge in [0.05, 0.1) is 0 Å². The molecule has 1 rings (SSSR count). The van der Waals surface area contributed by atoms with Crippen LogP contribution in [0.15, 0.2) is 12.3 Å². The highest BCUT2D eigenvalue weighted by Crippen LogP contribution is 2.48. The Morgan fingerprint density at radius 2 is 1.64 bits per heavy atom. The topological polar surface area (TPSA) is 15.3 Å². The van der Waals surface area contributed by atoms with Crippen LogP contribution in [-0.4, -0.2) is 31.6 Å². The van der Waals surface area contributed by atoms with Gasteiger partial charge in [-0.25, -0.2) is 0 Å². The van der Waals surface area contributed by atoms with E-state index in [1.807, 2.05) is 13.8 Å². The van der Waals surface area contributed by atoms with Crippen molar-refractivity contribution in [3.8, 4) is 0 Å². The Hall–Kier alpha value is -0.500. The largest absolute Gasteiger partial charge is 0.375 e. The fourth-order valence-corrected chi connectivity index (χ4v) is 3.42. The Morgan fingerprint density at radius 3 is 2.05 bits per heavy atom. The molecule has 132 valence electrons. The van der Waals surface area contributed by atoms with E-state index in [-0.39, 0.29) is 5.41 Å². The molecule has 0 aromatic heterocycles. The van der Waals surface area contributed by atoms with Gasteiger partial charge in [0.25, 0.3) is 0 Å². The molecule has 1 fully saturated rings. The molecule has 0 spiro atoms. The third-order valence-corrected chi connectivity index (χ3v) is 5.78. The quantitative estimate of drug-likeness (QED) is 0.685. The molecule has 1 aliphatic heterocycles. The smallest absolute Gasteiger partial charge is 0.0178 e. The van der Waals surface area contributed by atoms with Gasteiger partial charge < -0.3 is 10.2 Å². The molecular weight excluding hydrogens is 268 g/mol. The van der Waals surface area contributed by atoms with E-state index in [9.17, 15) is 0 Å². The van der Waals surface area contributed by atoms with Crippen molar-refractivity contribution < 1.29 is 0 Å². The van der Waals surface area contributed by atoms with Crippen LogP contribution in [0.5, 0.6) is 0 Å². The summed E-state index contributed by atoms with van der Waals surface area (Å²) in [5, 5.41) is 3.31. The van der Waals surface area contributed by atoms with Crippen LogP contribution in [0.3, 0.4) is 0 Å². The van der Waals surface area contributed by atoms with Crippen molar-refractivity contribution in [2.45, 2.75) is 74.1 Å². The van der Waals surface area contributed by atoms with Crippen molar-refractivity contribution in [3.05, 3.63) is 12.3 Å². The predicted octanol–water partition coefficient (Wildman–Crippen LogP) is 5.31. The van der Waals surface area contributed by atoms with Crippen LogP contribution >= 0.6 is 0 Å². The van der Waals surface area contributed by atoms with Crippen LogP contribution in [-0.2, 0) is 0 Å². The van der Waals surface area contributed by atoms with Gasteiger partial charge >= 0.3 is 0 Å². The number of nitrogens with one attached hydrogen (secondary N) is 1. The SMILES string of the molecule is C=C(N1CCC(CNC)CC1)C(C)(C)C(C)(C)CCC.CC. The molecule has 0 aromatic rings. The fourth-order valence-electron chi connectivity index (χ4n) is 3.42. The molecule has 2 heteroatoms. The van der Waals surface area contributed by atoms with Crippen LogP contribution in [0, 0.1) is 16.7 Å². The van der Waals surface area contributed by atoms with Gasteiger partial charge in [-0.2, -0.15) is 0 Å². The van der Waals surface area contributed by atoms with E-state index in [0.717, 1.165) is 12.5 Å². The third-order valence-electron chi connectivity index (χ3n) is 5.78. The summed E-state index contributed by atoms with van der Waals surface area (Å²) in [4.78, 5) is 2.55. The molecule has 22 heavy (non-hydrogen) atoms. The molecule has 0 bridgehead atoms. The molecule has 0 radical (unpaired) electrons. The second-order valence-corrected chi connectivity index (χ2v) is 7.69. The lowest BCUT2D eigenvalue weighted by Gasteiger charge is -2.48. The molecule has 0 aromatic carbocycles. The van der Waals surface area contributed by atoms with Gasteiger partial charge in [0, 0.05) is 24.2 Å². The molecule has 0 unspecified atom stereocenters. The van der Waals surface area contributed by atoms with Gasteiger partial charge in [-0.15, -0.1) is 0 Å². The Labute approximate surface area is 140 Å². The maximum Gasteiger partial charge on any atom is 0.0178 e. The summed E-state index contributed by atoms with van der Waals surface area (Å²) in [5.41, 5.74) is 1.82. The van der Waals surface area contributed by atoms with Crippen molar-refractivity contribution >= 4 is 0 Å². The molecule has 0 amide bonds. The maximum absolute atomic E-state index is 4.48. The molecule has 1 saturated heterocycles. The average Bonchev–Trinajstić information content (AvgIpc) is 2.49. The molecule has 1 N–H and O–H groups in total. The summed E-state index contributed by atoms with van der Waals surface area (Å²) < 4.78 is 0. The third kappa shape index (κ3) is 5.30. The number of allylic oxidation sites excluding steroid dienone is 1. The summed E-state index contributed by atoms with van der Waals surface area (Å²) in [7, 11) is 2.06. The first kappa shape index (κ1) is 21.5. The summed E-state index contributed by atoms with van der Waals surface area (Å²) in [6, 6.07) is 0. The highest BCUT2D eigenvalue weighted by molar-refractivity contribution is 5.12. The molecule has 0 aliphatic carbocycles. The minimum Gasteiger partial charge on any atom is -0.375 e. The Morgan fingerprint density at radius 1 is 1.14 bits per heavy atom. The lowest BCUT2D eigenvalue weighted by molar-refractivity contribution is 0.0842. The van der Waals surface area contributed by atoms with Crippen LogP contribution in [0.4, 0.5) is 0 Å². The van der Waals surface area contributed by atoms with Crippen LogP contribution < -0.4 is 5.32 Å². The number of rotatable bonds is 7. The first-order chi connectivity index (χ1) is 10.3. The molecular formula is C20H42N2. The summed E-state index contributed by atoms with van der Waals surface area (Å²) in [6.07, 6.45) is 5.09. The average molecular weight is 311 g/mol. The summed E-state index contributed by atoms with van der Waals surface area (Å²) in [5.74, 6) is 0.843. The monoisotopic (exact) mass is 310 g/mol. The van der Waals surface area contributed by atoms with Gasteiger partial charge in [0.15, 0.2) is 0 Å². The van der Waals surface area contributed by atoms with E-state index in [2.05, 4.69) is 58.5 Å². The van der Waals surface area contributed by atoms with Gasteiger partial charge in [-0.1, -0.05) is 61.5 Å². The van der Waals surface area contributed by atoms with E-state index in [4.69, 9.17) is 0 Å². The van der Waals surface area contributed by atoms with Crippen LogP contribution in [0.25, 0.3) is 0 Å². The first-order valence-electron chi connectivity index (χ1n) is 9.35. The standard InChI is InChI=1S/C18H36N2.C2H6/c1-8-11-17(3,4)18(5,6)15(2)20-12-9-16(10-13-20)14-19-7;1-2/h16,19H,2,8-14H2,1,3-7H3;1-2H3. The second-order valence-electron chi connectivity index (χ2n) is 7.69. The minimum atomic E-state index is 0.166. The first-order valence-corrected chi connectivity index (χ1v) is 9.35. The molecule has 1 heterocycles. The molecule has 0 saturated carbocycles. The van der Waals surface area contributed by atoms with Crippen molar-refractivity contribution in [3.63, 3.8) is 0 Å². The Bertz CT molecular complexity index is 310. The lowest BCUT2D eigenvalue weighted by atomic mass is 9.63. The van der Waals surface area contributed by atoms with E-state index < -0.39 is 0 Å². The van der Waals surface area contributed by atoms with E-state index >= 15 is 0 Å². The van der Waals surface area contributed by atoms with Crippen molar-refractivity contribution in [1.29, 1.82) is 0 Å². The van der Waals surface area contributed by atoms with Gasteiger partial charge in [0.1, 0.15) is 0 Å². The number of hydrogen-bond donors (Lipinski definition) is 1. The zero-order valence-electron chi connectivity index (χ0n) is 16.7. The van der Waals surface area contributed by atoms with Gasteiger partial charge in [0.2, 0.25) is 0 Å². The van der Waals surface area contributed by atoms with Gasteiger partial charge in [-0.05, 0) is 44.2 Å². The molecule has 1 aliphatic rings. The molecule has 2 nitrogen and oxygen atoms in total. The predicted molar refractivity (Wildman–Crippen MR) is 101 cm³/mol. The van der Waals surface area contributed by atoms with Crippen LogP contribution in [0.1, 0.15) is 74.1 Å². The Balaban J connectivity index is 0.00000211. The van der Waals surface area contributed by atoms with E-state index in [1.54, 1.807) is 0 Å². The molecule has 0 atom stereocenters. The lowest BCUT2D eigenvalue weighted by Crippen LogP contribution is -2.44. The Kier molecular flexibility index (Phi) is 9.38. The van der Waals surface area contributed by atoms with E-state index in [0.29, 0.717) is 5.41 Å². The minimum absolute atomic E-state index is 0.166. The number of hydrogen-bond acceptors (Lipinski definition) is 2. The highest BCUT2D eigenvalue weighted by atomic mass is 15.2. The maximum atomic E-state index is 4.48. The van der Waals surface area contributed by atoms with Gasteiger partial charge in [-0.3, -0.25) is 0 Å².